The molecule has 0 aliphatic carbocycles. The molecule has 0 heterocycles. The van der Waals surface area contributed by atoms with E-state index in [4.69, 9.17) is 5.11 Å². The van der Waals surface area contributed by atoms with Gasteiger partial charge in [-0.1, -0.05) is 0 Å². The van der Waals surface area contributed by atoms with Gasteiger partial charge in [0.2, 0.25) is 0 Å². The van der Waals surface area contributed by atoms with Gasteiger partial charge in [-0.25, -0.2) is 9.18 Å². The number of aliphatic carboxylic acids is 1. The van der Waals surface area contributed by atoms with Crippen LogP contribution in [0.3, 0.4) is 0 Å². The minimum atomic E-state index is -1.29. The van der Waals surface area contributed by atoms with Crippen molar-refractivity contribution in [3.63, 3.8) is 0 Å². The molecule has 1 atom stereocenters. The fourth-order valence-electron chi connectivity index (χ4n) is 1.27. The van der Waals surface area contributed by atoms with E-state index in [0.29, 0.717) is 0 Å². The average molecular weight is 257 g/mol. The number of amides is 1. The number of hydrogen-bond donors (Lipinski definition) is 3. The van der Waals surface area contributed by atoms with E-state index in [0.717, 1.165) is 18.2 Å². The first-order valence-electron chi connectivity index (χ1n) is 4.96. The first kappa shape index (κ1) is 13.9. The predicted molar refractivity (Wildman–Crippen MR) is 58.8 cm³/mol. The van der Waals surface area contributed by atoms with Crippen LogP contribution in [0.15, 0.2) is 18.2 Å². The van der Waals surface area contributed by atoms with Gasteiger partial charge in [0.25, 0.3) is 5.91 Å². The van der Waals surface area contributed by atoms with E-state index in [2.05, 4.69) is 10.1 Å². The van der Waals surface area contributed by atoms with Gasteiger partial charge in [0.1, 0.15) is 11.6 Å². The molecule has 0 radical (unpaired) electrons. The summed E-state index contributed by atoms with van der Waals surface area (Å²) < 4.78 is 17.5. The van der Waals surface area contributed by atoms with Crippen molar-refractivity contribution in [2.45, 2.75) is 6.04 Å². The number of hydrogen-bond acceptors (Lipinski definition) is 4. The number of nitrogens with one attached hydrogen (secondary N) is 1. The lowest BCUT2D eigenvalue weighted by Gasteiger charge is -2.13. The van der Waals surface area contributed by atoms with Gasteiger partial charge in [-0.15, -0.1) is 0 Å². The zero-order chi connectivity index (χ0) is 13.7. The number of carboxylic acids is 1. The Balaban J connectivity index is 2.86. The second-order valence-corrected chi connectivity index (χ2v) is 3.48. The largest absolute Gasteiger partial charge is 0.507 e. The molecule has 0 aliphatic rings. The summed E-state index contributed by atoms with van der Waals surface area (Å²) in [6, 6.07) is 1.54. The van der Waals surface area contributed by atoms with Crippen LogP contribution in [0.25, 0.3) is 0 Å². The van der Waals surface area contributed by atoms with Crippen molar-refractivity contribution in [2.24, 2.45) is 0 Å². The Bertz CT molecular complexity index is 463. The van der Waals surface area contributed by atoms with E-state index in [-0.39, 0.29) is 12.2 Å². The third-order valence-electron chi connectivity index (χ3n) is 2.14. The average Bonchev–Trinajstić information content (AvgIpc) is 2.31. The lowest BCUT2D eigenvalue weighted by molar-refractivity contribution is -0.140. The number of methoxy groups -OCH3 is 1. The molecule has 7 heteroatoms. The van der Waals surface area contributed by atoms with Gasteiger partial charge in [-0.05, 0) is 18.2 Å². The molecular formula is C11H12FNO5. The highest BCUT2D eigenvalue weighted by molar-refractivity contribution is 5.98. The number of phenols is 1. The van der Waals surface area contributed by atoms with E-state index < -0.39 is 29.5 Å². The molecule has 0 fully saturated rings. The van der Waals surface area contributed by atoms with Gasteiger partial charge in [0.15, 0.2) is 6.04 Å². The molecule has 0 spiro atoms. The van der Waals surface area contributed by atoms with Crippen LogP contribution in [0, 0.1) is 5.82 Å². The van der Waals surface area contributed by atoms with Crippen molar-refractivity contribution in [1.29, 1.82) is 0 Å². The quantitative estimate of drug-likeness (QED) is 0.707. The number of rotatable bonds is 5. The van der Waals surface area contributed by atoms with Crippen LogP contribution in [0.5, 0.6) is 5.75 Å². The summed E-state index contributed by atoms with van der Waals surface area (Å²) in [7, 11) is 1.28. The molecule has 1 unspecified atom stereocenters. The third-order valence-corrected chi connectivity index (χ3v) is 2.14. The highest BCUT2D eigenvalue weighted by Crippen LogP contribution is 2.17. The van der Waals surface area contributed by atoms with Crippen molar-refractivity contribution in [3.05, 3.63) is 29.6 Å². The Morgan fingerprint density at radius 3 is 2.72 bits per heavy atom. The second kappa shape index (κ2) is 5.97. The minimum Gasteiger partial charge on any atom is -0.507 e. The maximum Gasteiger partial charge on any atom is 0.328 e. The predicted octanol–water partition coefficient (Wildman–Crippen LogP) is 0.361. The molecule has 18 heavy (non-hydrogen) atoms. The maximum absolute atomic E-state index is 12.9. The SMILES string of the molecule is COCC(NC(=O)c1cc(F)ccc1O)C(=O)O. The summed E-state index contributed by atoms with van der Waals surface area (Å²) in [6.07, 6.45) is 0. The standard InChI is InChI=1S/C11H12FNO5/c1-18-5-8(11(16)17)13-10(15)7-4-6(12)2-3-9(7)14/h2-4,8,14H,5H2,1H3,(H,13,15)(H,16,17). The Labute approximate surface area is 102 Å². The van der Waals surface area contributed by atoms with Crippen LogP contribution in [0.2, 0.25) is 0 Å². The van der Waals surface area contributed by atoms with Crippen LogP contribution in [-0.2, 0) is 9.53 Å². The zero-order valence-corrected chi connectivity index (χ0v) is 9.51. The zero-order valence-electron chi connectivity index (χ0n) is 9.51. The van der Waals surface area contributed by atoms with E-state index in [9.17, 15) is 19.1 Å². The Hall–Kier alpha value is -2.15. The molecular weight excluding hydrogens is 245 g/mol. The smallest absolute Gasteiger partial charge is 0.328 e. The van der Waals surface area contributed by atoms with E-state index in [1.54, 1.807) is 0 Å². The molecule has 1 aromatic carbocycles. The van der Waals surface area contributed by atoms with Gasteiger partial charge in [-0.2, -0.15) is 0 Å². The number of benzene rings is 1. The number of aromatic hydroxyl groups is 1. The third kappa shape index (κ3) is 3.42. The van der Waals surface area contributed by atoms with Crippen LogP contribution in [0.1, 0.15) is 10.4 Å². The van der Waals surface area contributed by atoms with Crippen molar-refractivity contribution in [2.75, 3.05) is 13.7 Å². The molecule has 1 rings (SSSR count). The van der Waals surface area contributed by atoms with Gasteiger partial charge in [0.05, 0.1) is 12.2 Å². The first-order valence-corrected chi connectivity index (χ1v) is 4.96. The van der Waals surface area contributed by atoms with E-state index in [1.807, 2.05) is 0 Å². The number of carbonyl (C=O) groups excluding carboxylic acids is 1. The van der Waals surface area contributed by atoms with Crippen molar-refractivity contribution >= 4 is 11.9 Å². The topological polar surface area (TPSA) is 95.9 Å². The van der Waals surface area contributed by atoms with Crippen LogP contribution in [-0.4, -0.2) is 41.8 Å². The van der Waals surface area contributed by atoms with Crippen LogP contribution in [0.4, 0.5) is 4.39 Å². The molecule has 0 aliphatic heterocycles. The molecule has 98 valence electrons. The maximum atomic E-state index is 12.9. The molecule has 1 amide bonds. The van der Waals surface area contributed by atoms with Gasteiger partial charge in [0, 0.05) is 7.11 Å². The fraction of sp³-hybridized carbons (Fsp3) is 0.273. The number of ether oxygens (including phenoxy) is 1. The van der Waals surface area contributed by atoms with Gasteiger partial charge in [-0.3, -0.25) is 4.79 Å². The molecule has 1 aromatic rings. The first-order chi connectivity index (χ1) is 8.45. The number of carboxylic acid groups (broad SMARTS) is 1. The highest BCUT2D eigenvalue weighted by atomic mass is 19.1. The molecule has 0 saturated heterocycles. The van der Waals surface area contributed by atoms with Crippen molar-refractivity contribution < 1.29 is 28.9 Å². The number of halogens is 1. The minimum absolute atomic E-state index is 0.239. The normalized spacial score (nSPS) is 11.9. The summed E-state index contributed by atoms with van der Waals surface area (Å²) in [5.41, 5.74) is -0.336. The molecule has 0 bridgehead atoms. The summed E-state index contributed by atoms with van der Waals surface area (Å²) in [4.78, 5) is 22.4. The molecule has 0 saturated carbocycles. The molecule has 3 N–H and O–H groups in total. The Morgan fingerprint density at radius 2 is 2.17 bits per heavy atom. The monoisotopic (exact) mass is 257 g/mol. The lowest BCUT2D eigenvalue weighted by atomic mass is 10.1. The number of phenolic OH excluding ortho intramolecular Hbond substituents is 1. The summed E-state index contributed by atoms with van der Waals surface area (Å²) in [5.74, 6) is -3.33. The second-order valence-electron chi connectivity index (χ2n) is 3.48. The van der Waals surface area contributed by atoms with Gasteiger partial charge >= 0.3 is 5.97 Å². The molecule has 6 nitrogen and oxygen atoms in total. The lowest BCUT2D eigenvalue weighted by Crippen LogP contribution is -2.43. The van der Waals surface area contributed by atoms with Crippen LogP contribution < -0.4 is 5.32 Å². The van der Waals surface area contributed by atoms with Gasteiger partial charge < -0.3 is 20.3 Å². The highest BCUT2D eigenvalue weighted by Gasteiger charge is 2.22. The molecule has 0 aromatic heterocycles. The van der Waals surface area contributed by atoms with Crippen molar-refractivity contribution in [3.8, 4) is 5.75 Å². The summed E-state index contributed by atoms with van der Waals surface area (Å²) in [5, 5.41) is 20.3. The number of carbonyl (C=O) groups is 2. The Morgan fingerprint density at radius 1 is 1.50 bits per heavy atom. The fourth-order valence-corrected chi connectivity index (χ4v) is 1.27. The summed E-state index contributed by atoms with van der Waals surface area (Å²) in [6.45, 7) is -0.239. The van der Waals surface area contributed by atoms with E-state index >= 15 is 0 Å². The van der Waals surface area contributed by atoms with Crippen molar-refractivity contribution in [1.82, 2.24) is 5.32 Å². The summed E-state index contributed by atoms with van der Waals surface area (Å²) >= 11 is 0. The van der Waals surface area contributed by atoms with E-state index in [1.165, 1.54) is 7.11 Å². The Kier molecular flexibility index (Phi) is 4.61. The van der Waals surface area contributed by atoms with Crippen LogP contribution >= 0.6 is 0 Å².